The average Bonchev–Trinajstić information content (AvgIpc) is 3.07. The van der Waals surface area contributed by atoms with Crippen molar-refractivity contribution in [2.75, 3.05) is 11.9 Å². The van der Waals surface area contributed by atoms with Crippen LogP contribution >= 0.6 is 0 Å². The van der Waals surface area contributed by atoms with Gasteiger partial charge in [0.2, 0.25) is 0 Å². The van der Waals surface area contributed by atoms with Crippen molar-refractivity contribution in [3.05, 3.63) is 36.3 Å². The zero-order valence-electron chi connectivity index (χ0n) is 11.1. The van der Waals surface area contributed by atoms with Gasteiger partial charge < -0.3 is 9.88 Å². The second kappa shape index (κ2) is 4.81. The Hall–Kier alpha value is -2.21. The van der Waals surface area contributed by atoms with Crippen LogP contribution in [-0.2, 0) is 6.42 Å². The molecule has 1 aromatic carbocycles. The molecule has 0 saturated carbocycles. The topological polar surface area (TPSA) is 29.9 Å². The van der Waals surface area contributed by atoms with Crippen LogP contribution in [0, 0.1) is 12.3 Å². The highest BCUT2D eigenvalue weighted by Gasteiger charge is 2.18. The highest BCUT2D eigenvalue weighted by molar-refractivity contribution is 5.79. The molecule has 3 heteroatoms. The van der Waals surface area contributed by atoms with Crippen LogP contribution in [0.5, 0.6) is 0 Å². The van der Waals surface area contributed by atoms with Gasteiger partial charge in [0.1, 0.15) is 0 Å². The van der Waals surface area contributed by atoms with Crippen LogP contribution in [0.3, 0.4) is 0 Å². The van der Waals surface area contributed by atoms with E-state index < -0.39 is 0 Å². The van der Waals surface area contributed by atoms with E-state index in [2.05, 4.69) is 45.9 Å². The van der Waals surface area contributed by atoms with Gasteiger partial charge in [0, 0.05) is 30.3 Å². The number of benzene rings is 1. The first-order chi connectivity index (χ1) is 9.31. The standard InChI is InChI=1S/C16H17N3/c1-3-5-12(2)19-11-17-10-15(19)14-7-4-6-13-8-9-18-16(13)14/h1,4,6-7,10-12,18H,5,8-9H2,2H3. The molecular formula is C16H17N3. The maximum Gasteiger partial charge on any atom is 0.0953 e. The molecule has 1 N–H and O–H groups in total. The molecule has 0 saturated heterocycles. The maximum atomic E-state index is 5.42. The lowest BCUT2D eigenvalue weighted by molar-refractivity contribution is 0.567. The first-order valence-corrected chi connectivity index (χ1v) is 6.62. The molecule has 0 aliphatic carbocycles. The van der Waals surface area contributed by atoms with Crippen LogP contribution in [0.1, 0.15) is 24.9 Å². The predicted molar refractivity (Wildman–Crippen MR) is 78.0 cm³/mol. The second-order valence-corrected chi connectivity index (χ2v) is 4.96. The third-order valence-electron chi connectivity index (χ3n) is 3.68. The van der Waals surface area contributed by atoms with Crippen molar-refractivity contribution < 1.29 is 0 Å². The number of rotatable bonds is 3. The first-order valence-electron chi connectivity index (χ1n) is 6.62. The number of para-hydroxylation sites is 1. The average molecular weight is 251 g/mol. The fourth-order valence-corrected chi connectivity index (χ4v) is 2.69. The van der Waals surface area contributed by atoms with Crippen molar-refractivity contribution in [1.29, 1.82) is 0 Å². The van der Waals surface area contributed by atoms with E-state index in [1.165, 1.54) is 16.8 Å². The Balaban J connectivity index is 2.07. The molecule has 19 heavy (non-hydrogen) atoms. The lowest BCUT2D eigenvalue weighted by atomic mass is 10.0. The molecule has 1 aliphatic heterocycles. The zero-order chi connectivity index (χ0) is 13.2. The molecule has 3 rings (SSSR count). The molecule has 0 radical (unpaired) electrons. The van der Waals surface area contributed by atoms with Crippen LogP contribution < -0.4 is 5.32 Å². The Bertz CT molecular complexity index is 634. The number of hydrogen-bond donors (Lipinski definition) is 1. The second-order valence-electron chi connectivity index (χ2n) is 4.96. The summed E-state index contributed by atoms with van der Waals surface area (Å²) >= 11 is 0. The summed E-state index contributed by atoms with van der Waals surface area (Å²) in [5.74, 6) is 2.72. The van der Waals surface area contributed by atoms with Crippen molar-refractivity contribution in [1.82, 2.24) is 9.55 Å². The Morgan fingerprint density at radius 3 is 3.26 bits per heavy atom. The van der Waals surface area contributed by atoms with Crippen LogP contribution in [0.25, 0.3) is 11.3 Å². The summed E-state index contributed by atoms with van der Waals surface area (Å²) < 4.78 is 2.16. The molecule has 1 aromatic heterocycles. The molecule has 1 aliphatic rings. The molecule has 0 bridgehead atoms. The number of hydrogen-bond acceptors (Lipinski definition) is 2. The van der Waals surface area contributed by atoms with Gasteiger partial charge in [-0.1, -0.05) is 18.2 Å². The van der Waals surface area contributed by atoms with E-state index in [0.717, 1.165) is 18.7 Å². The largest absolute Gasteiger partial charge is 0.384 e. The minimum Gasteiger partial charge on any atom is -0.384 e. The van der Waals surface area contributed by atoms with Crippen molar-refractivity contribution in [3.63, 3.8) is 0 Å². The number of nitrogens with one attached hydrogen (secondary N) is 1. The number of imidazole rings is 1. The van der Waals surface area contributed by atoms with E-state index in [1.54, 1.807) is 0 Å². The molecule has 1 atom stereocenters. The van der Waals surface area contributed by atoms with Gasteiger partial charge in [-0.2, -0.15) is 0 Å². The molecule has 96 valence electrons. The third kappa shape index (κ3) is 2.00. The molecule has 3 nitrogen and oxygen atoms in total. The summed E-state index contributed by atoms with van der Waals surface area (Å²) in [7, 11) is 0. The molecule has 0 fully saturated rings. The summed E-state index contributed by atoms with van der Waals surface area (Å²) in [6.45, 7) is 3.14. The smallest absolute Gasteiger partial charge is 0.0953 e. The molecule has 0 amide bonds. The van der Waals surface area contributed by atoms with Gasteiger partial charge >= 0.3 is 0 Å². The van der Waals surface area contributed by atoms with Gasteiger partial charge in [-0.05, 0) is 18.9 Å². The summed E-state index contributed by atoms with van der Waals surface area (Å²) in [6.07, 6.45) is 11.0. The lowest BCUT2D eigenvalue weighted by Gasteiger charge is -2.16. The molecule has 0 spiro atoms. The van der Waals surface area contributed by atoms with E-state index in [1.807, 2.05) is 12.5 Å². The quantitative estimate of drug-likeness (QED) is 0.849. The zero-order valence-corrected chi connectivity index (χ0v) is 11.1. The third-order valence-corrected chi connectivity index (χ3v) is 3.68. The number of fused-ring (bicyclic) bond motifs is 1. The van der Waals surface area contributed by atoms with Gasteiger partial charge in [0.15, 0.2) is 0 Å². The molecule has 2 aromatic rings. The Kier molecular flexibility index (Phi) is 3.00. The van der Waals surface area contributed by atoms with Gasteiger partial charge in [-0.3, -0.25) is 0 Å². The maximum absolute atomic E-state index is 5.42. The van der Waals surface area contributed by atoms with Crippen molar-refractivity contribution in [2.24, 2.45) is 0 Å². The number of nitrogens with zero attached hydrogens (tertiary/aromatic N) is 2. The van der Waals surface area contributed by atoms with E-state index in [-0.39, 0.29) is 6.04 Å². The van der Waals surface area contributed by atoms with Crippen molar-refractivity contribution in [2.45, 2.75) is 25.8 Å². The van der Waals surface area contributed by atoms with E-state index in [0.29, 0.717) is 6.42 Å². The van der Waals surface area contributed by atoms with Gasteiger partial charge in [0.25, 0.3) is 0 Å². The summed E-state index contributed by atoms with van der Waals surface area (Å²) in [4.78, 5) is 4.29. The Labute approximate surface area is 113 Å². The van der Waals surface area contributed by atoms with Gasteiger partial charge in [-0.15, -0.1) is 12.3 Å². The minimum absolute atomic E-state index is 0.264. The fourth-order valence-electron chi connectivity index (χ4n) is 2.69. The first kappa shape index (κ1) is 11.9. The SMILES string of the molecule is C#CCC(C)n1cncc1-c1cccc2c1NCC2. The van der Waals surface area contributed by atoms with E-state index in [9.17, 15) is 0 Å². The fraction of sp³-hybridized carbons (Fsp3) is 0.312. The molecular weight excluding hydrogens is 234 g/mol. The van der Waals surface area contributed by atoms with Crippen LogP contribution in [0.2, 0.25) is 0 Å². The number of terminal acetylenes is 1. The van der Waals surface area contributed by atoms with E-state index in [4.69, 9.17) is 6.42 Å². The van der Waals surface area contributed by atoms with Crippen molar-refractivity contribution in [3.8, 4) is 23.6 Å². The van der Waals surface area contributed by atoms with Crippen LogP contribution in [0.4, 0.5) is 5.69 Å². The van der Waals surface area contributed by atoms with Gasteiger partial charge in [0.05, 0.1) is 18.2 Å². The van der Waals surface area contributed by atoms with Crippen molar-refractivity contribution >= 4 is 5.69 Å². The number of anilines is 1. The van der Waals surface area contributed by atoms with Gasteiger partial charge in [-0.25, -0.2) is 4.98 Å². The predicted octanol–water partition coefficient (Wildman–Crippen LogP) is 3.10. The van der Waals surface area contributed by atoms with Crippen LogP contribution in [-0.4, -0.2) is 16.1 Å². The summed E-state index contributed by atoms with van der Waals surface area (Å²) in [6, 6.07) is 6.71. The lowest BCUT2D eigenvalue weighted by Crippen LogP contribution is -2.05. The highest BCUT2D eigenvalue weighted by Crippen LogP contribution is 2.35. The highest BCUT2D eigenvalue weighted by atomic mass is 15.1. The summed E-state index contributed by atoms with van der Waals surface area (Å²) in [5.41, 5.74) is 4.98. The Morgan fingerprint density at radius 1 is 1.53 bits per heavy atom. The molecule has 2 heterocycles. The molecule has 1 unspecified atom stereocenters. The van der Waals surface area contributed by atoms with E-state index >= 15 is 0 Å². The monoisotopic (exact) mass is 251 g/mol. The number of aromatic nitrogens is 2. The normalized spacial score (nSPS) is 14.5. The van der Waals surface area contributed by atoms with Crippen LogP contribution in [0.15, 0.2) is 30.7 Å². The summed E-state index contributed by atoms with van der Waals surface area (Å²) in [5, 5.41) is 3.47. The minimum atomic E-state index is 0.264. The Morgan fingerprint density at radius 2 is 2.42 bits per heavy atom.